The van der Waals surface area contributed by atoms with Gasteiger partial charge in [0.05, 0.1) is 7.11 Å². The molecule has 0 heterocycles. The van der Waals surface area contributed by atoms with Crippen LogP contribution in [0.2, 0.25) is 0 Å². The molecule has 0 aromatic heterocycles. The molecular formula is C22H22N2O3. The average molecular weight is 362 g/mol. The Hall–Kier alpha value is -3.47. The number of carbonyl (C=O) groups excluding carboxylic acids is 1. The number of ether oxygens (including phenoxy) is 2. The molecule has 1 amide bonds. The first-order valence-corrected chi connectivity index (χ1v) is 8.63. The number of hydrogen-bond acceptors (Lipinski definition) is 4. The van der Waals surface area contributed by atoms with Crippen LogP contribution in [-0.2, 0) is 4.79 Å². The Labute approximate surface area is 158 Å². The average Bonchev–Trinajstić information content (AvgIpc) is 2.70. The zero-order valence-electron chi connectivity index (χ0n) is 15.4. The van der Waals surface area contributed by atoms with Crippen molar-refractivity contribution in [2.75, 3.05) is 24.4 Å². The second-order valence-corrected chi connectivity index (χ2v) is 6.08. The minimum absolute atomic E-state index is 0.0328. The number of anilines is 3. The van der Waals surface area contributed by atoms with Crippen LogP contribution >= 0.6 is 0 Å². The summed E-state index contributed by atoms with van der Waals surface area (Å²) in [6, 6.07) is 22.8. The predicted octanol–water partition coefficient (Wildman–Crippen LogP) is 4.76. The van der Waals surface area contributed by atoms with Crippen LogP contribution in [0, 0.1) is 6.92 Å². The maximum atomic E-state index is 12.0. The Morgan fingerprint density at radius 1 is 0.778 bits per heavy atom. The fourth-order valence-electron chi connectivity index (χ4n) is 2.46. The smallest absolute Gasteiger partial charge is 0.262 e. The van der Waals surface area contributed by atoms with Crippen LogP contribution < -0.4 is 20.1 Å². The zero-order valence-corrected chi connectivity index (χ0v) is 15.4. The molecule has 0 saturated carbocycles. The van der Waals surface area contributed by atoms with Crippen LogP contribution in [0.15, 0.2) is 72.8 Å². The lowest BCUT2D eigenvalue weighted by Crippen LogP contribution is -2.20. The fraction of sp³-hybridized carbons (Fsp3) is 0.136. The monoisotopic (exact) mass is 362 g/mol. The minimum atomic E-state index is -0.202. The summed E-state index contributed by atoms with van der Waals surface area (Å²) in [5, 5.41) is 6.12. The summed E-state index contributed by atoms with van der Waals surface area (Å²) in [5.74, 6) is 1.28. The van der Waals surface area contributed by atoms with Gasteiger partial charge in [-0.25, -0.2) is 0 Å². The van der Waals surface area contributed by atoms with E-state index in [-0.39, 0.29) is 12.5 Å². The van der Waals surface area contributed by atoms with Gasteiger partial charge >= 0.3 is 0 Å². The molecule has 3 aromatic carbocycles. The molecule has 0 aliphatic rings. The summed E-state index contributed by atoms with van der Waals surface area (Å²) in [6.45, 7) is 1.97. The maximum Gasteiger partial charge on any atom is 0.262 e. The Morgan fingerprint density at radius 3 is 1.89 bits per heavy atom. The number of hydrogen-bond donors (Lipinski definition) is 2. The van der Waals surface area contributed by atoms with Crippen molar-refractivity contribution >= 4 is 23.0 Å². The Morgan fingerprint density at radius 2 is 1.30 bits per heavy atom. The number of carbonyl (C=O) groups is 1. The van der Waals surface area contributed by atoms with Gasteiger partial charge in [-0.05, 0) is 67.6 Å². The molecular weight excluding hydrogens is 340 g/mol. The van der Waals surface area contributed by atoms with Crippen molar-refractivity contribution in [3.05, 3.63) is 78.4 Å². The number of nitrogens with one attached hydrogen (secondary N) is 2. The summed E-state index contributed by atoms with van der Waals surface area (Å²) in [7, 11) is 1.64. The highest BCUT2D eigenvalue weighted by Crippen LogP contribution is 2.21. The first-order valence-electron chi connectivity index (χ1n) is 8.63. The Balaban J connectivity index is 1.50. The molecule has 0 saturated heterocycles. The van der Waals surface area contributed by atoms with E-state index in [0.717, 1.165) is 22.7 Å². The zero-order chi connectivity index (χ0) is 19.1. The number of rotatable bonds is 7. The summed E-state index contributed by atoms with van der Waals surface area (Å²) in [4.78, 5) is 12.0. The summed E-state index contributed by atoms with van der Waals surface area (Å²) >= 11 is 0. The van der Waals surface area contributed by atoms with Crippen molar-refractivity contribution in [2.24, 2.45) is 0 Å². The van der Waals surface area contributed by atoms with Crippen LogP contribution in [0.3, 0.4) is 0 Å². The van der Waals surface area contributed by atoms with E-state index in [4.69, 9.17) is 9.47 Å². The van der Waals surface area contributed by atoms with E-state index in [9.17, 15) is 4.79 Å². The van der Waals surface area contributed by atoms with E-state index in [1.807, 2.05) is 79.7 Å². The van der Waals surface area contributed by atoms with Gasteiger partial charge in [0, 0.05) is 17.1 Å². The molecule has 0 atom stereocenters. The molecule has 5 heteroatoms. The number of amides is 1. The molecule has 0 spiro atoms. The maximum absolute atomic E-state index is 12.0. The molecule has 0 fully saturated rings. The highest BCUT2D eigenvalue weighted by molar-refractivity contribution is 5.92. The van der Waals surface area contributed by atoms with Crippen LogP contribution in [-0.4, -0.2) is 19.6 Å². The van der Waals surface area contributed by atoms with E-state index in [1.165, 1.54) is 0 Å². The molecule has 138 valence electrons. The topological polar surface area (TPSA) is 59.6 Å². The van der Waals surface area contributed by atoms with Crippen LogP contribution in [0.1, 0.15) is 5.56 Å². The molecule has 0 bridgehead atoms. The lowest BCUT2D eigenvalue weighted by molar-refractivity contribution is -0.118. The summed E-state index contributed by atoms with van der Waals surface area (Å²) < 4.78 is 10.6. The van der Waals surface area contributed by atoms with Crippen molar-refractivity contribution in [3.8, 4) is 11.5 Å². The summed E-state index contributed by atoms with van der Waals surface area (Å²) in [5.41, 5.74) is 3.75. The van der Waals surface area contributed by atoms with Crippen molar-refractivity contribution < 1.29 is 14.3 Å². The third-order valence-electron chi connectivity index (χ3n) is 3.94. The SMILES string of the molecule is COc1ccc(Nc2ccc(NC(=O)COc3ccc(C)cc3)cc2)cc1. The third kappa shape index (κ3) is 5.51. The van der Waals surface area contributed by atoms with Crippen LogP contribution in [0.5, 0.6) is 11.5 Å². The predicted molar refractivity (Wildman–Crippen MR) is 108 cm³/mol. The van der Waals surface area contributed by atoms with Gasteiger partial charge in [-0.1, -0.05) is 17.7 Å². The highest BCUT2D eigenvalue weighted by Gasteiger charge is 2.04. The van der Waals surface area contributed by atoms with E-state index >= 15 is 0 Å². The largest absolute Gasteiger partial charge is 0.497 e. The van der Waals surface area contributed by atoms with Gasteiger partial charge in [-0.2, -0.15) is 0 Å². The molecule has 0 unspecified atom stereocenters. The van der Waals surface area contributed by atoms with Crippen molar-refractivity contribution in [3.63, 3.8) is 0 Å². The molecule has 3 aromatic rings. The van der Waals surface area contributed by atoms with Crippen molar-refractivity contribution in [1.82, 2.24) is 0 Å². The number of aryl methyl sites for hydroxylation is 1. The molecule has 0 radical (unpaired) electrons. The van der Waals surface area contributed by atoms with E-state index in [2.05, 4.69) is 10.6 Å². The van der Waals surface area contributed by atoms with Gasteiger partial charge in [-0.15, -0.1) is 0 Å². The second kappa shape index (κ2) is 8.76. The number of methoxy groups -OCH3 is 1. The van der Waals surface area contributed by atoms with Gasteiger partial charge in [-0.3, -0.25) is 4.79 Å². The Kier molecular flexibility index (Phi) is 5.94. The highest BCUT2D eigenvalue weighted by atomic mass is 16.5. The van der Waals surface area contributed by atoms with Gasteiger partial charge in [0.25, 0.3) is 5.91 Å². The lowest BCUT2D eigenvalue weighted by atomic mass is 10.2. The quantitative estimate of drug-likeness (QED) is 0.636. The van der Waals surface area contributed by atoms with Crippen LogP contribution in [0.4, 0.5) is 17.1 Å². The van der Waals surface area contributed by atoms with E-state index in [1.54, 1.807) is 7.11 Å². The van der Waals surface area contributed by atoms with E-state index < -0.39 is 0 Å². The third-order valence-corrected chi connectivity index (χ3v) is 3.94. The van der Waals surface area contributed by atoms with Gasteiger partial charge in [0.2, 0.25) is 0 Å². The molecule has 3 rings (SSSR count). The minimum Gasteiger partial charge on any atom is -0.497 e. The Bertz CT molecular complexity index is 873. The van der Waals surface area contributed by atoms with Crippen molar-refractivity contribution in [2.45, 2.75) is 6.92 Å². The molecule has 2 N–H and O–H groups in total. The normalized spacial score (nSPS) is 10.1. The number of benzene rings is 3. The van der Waals surface area contributed by atoms with Crippen molar-refractivity contribution in [1.29, 1.82) is 0 Å². The molecule has 0 aliphatic carbocycles. The van der Waals surface area contributed by atoms with E-state index in [0.29, 0.717) is 11.4 Å². The van der Waals surface area contributed by atoms with Gasteiger partial charge in [0.15, 0.2) is 6.61 Å². The fourth-order valence-corrected chi connectivity index (χ4v) is 2.46. The molecule has 0 aliphatic heterocycles. The lowest BCUT2D eigenvalue weighted by Gasteiger charge is -2.10. The first kappa shape index (κ1) is 18.3. The van der Waals surface area contributed by atoms with Gasteiger partial charge < -0.3 is 20.1 Å². The first-order chi connectivity index (χ1) is 13.1. The van der Waals surface area contributed by atoms with Crippen LogP contribution in [0.25, 0.3) is 0 Å². The molecule has 27 heavy (non-hydrogen) atoms. The summed E-state index contributed by atoms with van der Waals surface area (Å²) in [6.07, 6.45) is 0. The standard InChI is InChI=1S/C22H22N2O3/c1-16-3-11-21(12-4-16)27-15-22(25)24-19-7-5-17(6-8-19)23-18-9-13-20(26-2)14-10-18/h3-14,23H,15H2,1-2H3,(H,24,25). The second-order valence-electron chi connectivity index (χ2n) is 6.08. The van der Waals surface area contributed by atoms with Gasteiger partial charge in [0.1, 0.15) is 11.5 Å². The molecule has 5 nitrogen and oxygen atoms in total.